The number of carbonyl (C=O) groups excluding carboxylic acids is 1. The van der Waals surface area contributed by atoms with E-state index in [1.807, 2.05) is 42.3 Å². The van der Waals surface area contributed by atoms with Crippen LogP contribution in [0.2, 0.25) is 0 Å². The summed E-state index contributed by atoms with van der Waals surface area (Å²) in [6, 6.07) is 9.33. The number of nitrogens with zero attached hydrogens (tertiary/aromatic N) is 3. The van der Waals surface area contributed by atoms with Crippen LogP contribution in [0.4, 0.5) is 11.5 Å². The number of aromatic nitrogens is 2. The summed E-state index contributed by atoms with van der Waals surface area (Å²) in [7, 11) is 1.92. The molecule has 0 fully saturated rings. The third kappa shape index (κ3) is 4.02. The molecule has 5 nitrogen and oxygen atoms in total. The molecule has 21 heavy (non-hydrogen) atoms. The van der Waals surface area contributed by atoms with Crippen molar-refractivity contribution in [1.29, 1.82) is 0 Å². The van der Waals surface area contributed by atoms with Gasteiger partial charge in [0.1, 0.15) is 0 Å². The van der Waals surface area contributed by atoms with E-state index in [-0.39, 0.29) is 5.91 Å². The Kier molecular flexibility index (Phi) is 4.87. The van der Waals surface area contributed by atoms with Crippen LogP contribution < -0.4 is 10.2 Å². The molecule has 0 saturated carbocycles. The van der Waals surface area contributed by atoms with Gasteiger partial charge in [0.2, 0.25) is 0 Å². The van der Waals surface area contributed by atoms with E-state index in [1.54, 1.807) is 6.20 Å². The Balaban J connectivity index is 2.21. The average Bonchev–Trinajstić information content (AvgIpc) is 2.47. The van der Waals surface area contributed by atoms with Gasteiger partial charge in [0.15, 0.2) is 11.5 Å². The lowest BCUT2D eigenvalue weighted by Crippen LogP contribution is -2.27. The van der Waals surface area contributed by atoms with Gasteiger partial charge in [-0.2, -0.15) is 0 Å². The lowest BCUT2D eigenvalue weighted by molar-refractivity contribution is 0.102. The number of hydrogen-bond donors (Lipinski definition) is 1. The lowest BCUT2D eigenvalue weighted by Gasteiger charge is -2.21. The molecule has 2 aromatic rings. The van der Waals surface area contributed by atoms with Crippen LogP contribution in [-0.4, -0.2) is 29.5 Å². The zero-order valence-corrected chi connectivity index (χ0v) is 12.6. The predicted molar refractivity (Wildman–Crippen MR) is 84.5 cm³/mol. The molecule has 0 aliphatic heterocycles. The minimum absolute atomic E-state index is 0.250. The molecule has 1 heterocycles. The van der Waals surface area contributed by atoms with Crippen LogP contribution in [0.1, 0.15) is 24.3 Å². The van der Waals surface area contributed by atoms with Crippen molar-refractivity contribution < 1.29 is 4.79 Å². The van der Waals surface area contributed by atoms with Crippen LogP contribution in [0, 0.1) is 5.92 Å². The Labute approximate surface area is 125 Å². The van der Waals surface area contributed by atoms with Crippen LogP contribution in [0.3, 0.4) is 0 Å². The Hall–Kier alpha value is -2.43. The van der Waals surface area contributed by atoms with Crippen molar-refractivity contribution >= 4 is 17.4 Å². The summed E-state index contributed by atoms with van der Waals surface area (Å²) in [6.07, 6.45) is 3.14. The van der Waals surface area contributed by atoms with E-state index < -0.39 is 0 Å². The van der Waals surface area contributed by atoms with E-state index in [9.17, 15) is 4.79 Å². The maximum atomic E-state index is 12.4. The summed E-state index contributed by atoms with van der Waals surface area (Å²) in [5, 5.41) is 2.84. The van der Waals surface area contributed by atoms with Crippen molar-refractivity contribution in [2.24, 2.45) is 5.92 Å². The molecule has 1 aromatic carbocycles. The van der Waals surface area contributed by atoms with Crippen LogP contribution in [-0.2, 0) is 0 Å². The van der Waals surface area contributed by atoms with Gasteiger partial charge in [-0.1, -0.05) is 32.0 Å². The fourth-order valence-corrected chi connectivity index (χ4v) is 2.12. The number of para-hydroxylation sites is 1. The SMILES string of the molecule is CC(C)CN(C)c1nccnc1C(=O)Nc1ccccc1. The number of amides is 1. The fraction of sp³-hybridized carbons (Fsp3) is 0.312. The molecule has 1 aromatic heterocycles. The van der Waals surface area contributed by atoms with E-state index in [2.05, 4.69) is 29.1 Å². The van der Waals surface area contributed by atoms with Gasteiger partial charge in [-0.25, -0.2) is 9.97 Å². The Morgan fingerprint density at radius 1 is 1.19 bits per heavy atom. The molecule has 0 radical (unpaired) electrons. The van der Waals surface area contributed by atoms with Crippen molar-refractivity contribution in [2.45, 2.75) is 13.8 Å². The summed E-state index contributed by atoms with van der Waals surface area (Å²) in [5.74, 6) is 0.821. The first-order chi connectivity index (χ1) is 10.1. The van der Waals surface area contributed by atoms with Crippen molar-refractivity contribution in [3.8, 4) is 0 Å². The van der Waals surface area contributed by atoms with Gasteiger partial charge in [0.05, 0.1) is 0 Å². The summed E-state index contributed by atoms with van der Waals surface area (Å²) < 4.78 is 0. The number of anilines is 2. The highest BCUT2D eigenvalue weighted by atomic mass is 16.1. The van der Waals surface area contributed by atoms with Crippen LogP contribution in [0.15, 0.2) is 42.7 Å². The van der Waals surface area contributed by atoms with E-state index in [0.717, 1.165) is 12.2 Å². The molecule has 0 spiro atoms. The van der Waals surface area contributed by atoms with Crippen molar-refractivity contribution in [1.82, 2.24) is 9.97 Å². The fourth-order valence-electron chi connectivity index (χ4n) is 2.12. The number of carbonyl (C=O) groups is 1. The molecule has 0 aliphatic rings. The summed E-state index contributed by atoms with van der Waals surface area (Å²) in [6.45, 7) is 5.05. The Bertz CT molecular complexity index is 598. The molecule has 1 N–H and O–H groups in total. The van der Waals surface area contributed by atoms with E-state index in [4.69, 9.17) is 0 Å². The topological polar surface area (TPSA) is 58.1 Å². The normalized spacial score (nSPS) is 10.5. The third-order valence-corrected chi connectivity index (χ3v) is 2.93. The van der Waals surface area contributed by atoms with Crippen LogP contribution in [0.25, 0.3) is 0 Å². The zero-order chi connectivity index (χ0) is 15.2. The summed E-state index contributed by atoms with van der Waals surface area (Å²) in [4.78, 5) is 22.8. The minimum atomic E-state index is -0.250. The van der Waals surface area contributed by atoms with Gasteiger partial charge < -0.3 is 10.2 Å². The molecule has 5 heteroatoms. The second kappa shape index (κ2) is 6.83. The van der Waals surface area contributed by atoms with Gasteiger partial charge in [0, 0.05) is 31.7 Å². The zero-order valence-electron chi connectivity index (χ0n) is 12.6. The van der Waals surface area contributed by atoms with Crippen molar-refractivity contribution in [2.75, 3.05) is 23.8 Å². The average molecular weight is 284 g/mol. The molecule has 0 unspecified atom stereocenters. The minimum Gasteiger partial charge on any atom is -0.357 e. The standard InChI is InChI=1S/C16H20N4O/c1-12(2)11-20(3)15-14(17-9-10-18-15)16(21)19-13-7-5-4-6-8-13/h4-10,12H,11H2,1-3H3,(H,19,21). The van der Waals surface area contributed by atoms with Crippen LogP contribution >= 0.6 is 0 Å². The maximum absolute atomic E-state index is 12.4. The monoisotopic (exact) mass is 284 g/mol. The van der Waals surface area contributed by atoms with Crippen LogP contribution in [0.5, 0.6) is 0 Å². The van der Waals surface area contributed by atoms with Gasteiger partial charge in [0.25, 0.3) is 5.91 Å². The Morgan fingerprint density at radius 3 is 2.52 bits per heavy atom. The van der Waals surface area contributed by atoms with Crippen molar-refractivity contribution in [3.05, 3.63) is 48.4 Å². The van der Waals surface area contributed by atoms with E-state index >= 15 is 0 Å². The molecule has 110 valence electrons. The smallest absolute Gasteiger partial charge is 0.278 e. The summed E-state index contributed by atoms with van der Waals surface area (Å²) in [5.41, 5.74) is 1.08. The van der Waals surface area contributed by atoms with Gasteiger partial charge >= 0.3 is 0 Å². The first-order valence-electron chi connectivity index (χ1n) is 6.96. The first kappa shape index (κ1) is 15.0. The van der Waals surface area contributed by atoms with E-state index in [0.29, 0.717) is 17.4 Å². The molecule has 0 bridgehead atoms. The molecular weight excluding hydrogens is 264 g/mol. The molecule has 0 atom stereocenters. The first-order valence-corrected chi connectivity index (χ1v) is 6.96. The molecule has 0 saturated heterocycles. The number of benzene rings is 1. The highest BCUT2D eigenvalue weighted by Crippen LogP contribution is 2.16. The number of hydrogen-bond acceptors (Lipinski definition) is 4. The van der Waals surface area contributed by atoms with Gasteiger partial charge in [-0.15, -0.1) is 0 Å². The maximum Gasteiger partial charge on any atom is 0.278 e. The largest absolute Gasteiger partial charge is 0.357 e. The number of nitrogens with one attached hydrogen (secondary N) is 1. The van der Waals surface area contributed by atoms with E-state index in [1.165, 1.54) is 6.20 Å². The third-order valence-electron chi connectivity index (χ3n) is 2.93. The second-order valence-electron chi connectivity index (χ2n) is 5.32. The molecule has 2 rings (SSSR count). The number of rotatable bonds is 5. The van der Waals surface area contributed by atoms with Gasteiger partial charge in [-0.3, -0.25) is 4.79 Å². The van der Waals surface area contributed by atoms with Crippen molar-refractivity contribution in [3.63, 3.8) is 0 Å². The predicted octanol–water partition coefficient (Wildman–Crippen LogP) is 2.82. The molecule has 1 amide bonds. The highest BCUT2D eigenvalue weighted by molar-refractivity contribution is 6.05. The second-order valence-corrected chi connectivity index (χ2v) is 5.32. The van der Waals surface area contributed by atoms with Gasteiger partial charge in [-0.05, 0) is 18.1 Å². The highest BCUT2D eigenvalue weighted by Gasteiger charge is 2.17. The molecular formula is C16H20N4O. The summed E-state index contributed by atoms with van der Waals surface area (Å²) >= 11 is 0. The quantitative estimate of drug-likeness (QED) is 0.917. The Morgan fingerprint density at radius 2 is 1.86 bits per heavy atom. The lowest BCUT2D eigenvalue weighted by atomic mass is 10.2. The molecule has 0 aliphatic carbocycles.